The van der Waals surface area contributed by atoms with Crippen molar-refractivity contribution in [1.29, 1.82) is 0 Å². The van der Waals surface area contributed by atoms with E-state index < -0.39 is 0 Å². The van der Waals surface area contributed by atoms with Gasteiger partial charge in [0.05, 0.1) is 16.2 Å². The van der Waals surface area contributed by atoms with Crippen LogP contribution in [-0.2, 0) is 12.8 Å². The van der Waals surface area contributed by atoms with Crippen LogP contribution in [0.3, 0.4) is 0 Å². The van der Waals surface area contributed by atoms with Gasteiger partial charge in [0.25, 0.3) is 0 Å². The van der Waals surface area contributed by atoms with Gasteiger partial charge in [-0.1, -0.05) is 18.2 Å². The molecule has 0 radical (unpaired) electrons. The highest BCUT2D eigenvalue weighted by molar-refractivity contribution is 7.09. The maximum Gasteiger partial charge on any atom is 0.122 e. The van der Waals surface area contributed by atoms with Gasteiger partial charge in [-0.25, -0.2) is 4.98 Å². The molecule has 1 aliphatic rings. The fourth-order valence-electron chi connectivity index (χ4n) is 2.41. The van der Waals surface area contributed by atoms with Crippen molar-refractivity contribution in [2.24, 2.45) is 5.73 Å². The van der Waals surface area contributed by atoms with Gasteiger partial charge in [-0.3, -0.25) is 0 Å². The molecular formula is C14H16N2OS. The predicted octanol–water partition coefficient (Wildman–Crippen LogP) is 2.33. The molecule has 0 aliphatic carbocycles. The molecule has 2 aromatic rings. The normalized spacial score (nSPS) is 22.3. The number of thiazole rings is 1. The van der Waals surface area contributed by atoms with Crippen molar-refractivity contribution >= 4 is 11.3 Å². The fraction of sp³-hybridized carbons (Fsp3) is 0.357. The van der Waals surface area contributed by atoms with E-state index in [1.807, 2.05) is 25.1 Å². The lowest BCUT2D eigenvalue weighted by Crippen LogP contribution is -2.51. The van der Waals surface area contributed by atoms with Crippen molar-refractivity contribution in [2.45, 2.75) is 25.3 Å². The highest BCUT2D eigenvalue weighted by Gasteiger charge is 2.32. The Kier molecular flexibility index (Phi) is 2.84. The Morgan fingerprint density at radius 2 is 2.28 bits per heavy atom. The van der Waals surface area contributed by atoms with Gasteiger partial charge in [0.15, 0.2) is 0 Å². The molecule has 0 saturated heterocycles. The molecule has 18 heavy (non-hydrogen) atoms. The van der Waals surface area contributed by atoms with Crippen LogP contribution in [0.15, 0.2) is 29.6 Å². The van der Waals surface area contributed by atoms with Gasteiger partial charge in [-0.15, -0.1) is 11.3 Å². The van der Waals surface area contributed by atoms with Gasteiger partial charge in [0, 0.05) is 11.8 Å². The number of hydrogen-bond acceptors (Lipinski definition) is 4. The van der Waals surface area contributed by atoms with E-state index in [4.69, 9.17) is 10.5 Å². The van der Waals surface area contributed by atoms with E-state index in [0.717, 1.165) is 29.3 Å². The Bertz CT molecular complexity index is 566. The molecule has 1 aliphatic heterocycles. The first kappa shape index (κ1) is 11.7. The minimum Gasteiger partial charge on any atom is -0.491 e. The molecule has 2 heterocycles. The lowest BCUT2D eigenvalue weighted by molar-refractivity contribution is 0.189. The molecule has 3 nitrogen and oxygen atoms in total. The fourth-order valence-corrected chi connectivity index (χ4v) is 3.02. The first-order chi connectivity index (χ1) is 8.65. The van der Waals surface area contributed by atoms with Crippen molar-refractivity contribution in [3.63, 3.8) is 0 Å². The zero-order valence-corrected chi connectivity index (χ0v) is 11.2. The minimum absolute atomic E-state index is 0.338. The number of hydrogen-bond donors (Lipinski definition) is 1. The third-order valence-electron chi connectivity index (χ3n) is 3.23. The summed E-state index contributed by atoms with van der Waals surface area (Å²) in [6, 6.07) is 8.11. The van der Waals surface area contributed by atoms with Crippen LogP contribution in [0.5, 0.6) is 5.75 Å². The molecule has 2 N–H and O–H groups in total. The standard InChI is InChI=1S/C14H16N2OS/c1-10-16-12(8-18-10)7-14(15)6-11-4-2-3-5-13(11)17-9-14/h2-5,8H,6-7,9,15H2,1H3. The van der Waals surface area contributed by atoms with E-state index >= 15 is 0 Å². The second kappa shape index (κ2) is 4.37. The smallest absolute Gasteiger partial charge is 0.122 e. The van der Waals surface area contributed by atoms with Gasteiger partial charge in [0.2, 0.25) is 0 Å². The van der Waals surface area contributed by atoms with Crippen LogP contribution in [0, 0.1) is 6.92 Å². The lowest BCUT2D eigenvalue weighted by Gasteiger charge is -2.34. The number of nitrogens with zero attached hydrogens (tertiary/aromatic N) is 1. The summed E-state index contributed by atoms with van der Waals surface area (Å²) in [5.74, 6) is 0.966. The first-order valence-electron chi connectivity index (χ1n) is 6.05. The lowest BCUT2D eigenvalue weighted by atomic mass is 9.86. The average Bonchev–Trinajstić information content (AvgIpc) is 2.74. The molecule has 3 rings (SSSR count). The molecule has 0 saturated carbocycles. The van der Waals surface area contributed by atoms with Crippen LogP contribution in [0.2, 0.25) is 0 Å². The van der Waals surface area contributed by atoms with E-state index in [1.54, 1.807) is 11.3 Å². The zero-order chi connectivity index (χ0) is 12.6. The molecule has 1 aromatic heterocycles. The zero-order valence-electron chi connectivity index (χ0n) is 10.3. The van der Waals surface area contributed by atoms with Crippen LogP contribution in [-0.4, -0.2) is 17.1 Å². The van der Waals surface area contributed by atoms with E-state index in [1.165, 1.54) is 5.56 Å². The van der Waals surface area contributed by atoms with Crippen molar-refractivity contribution in [1.82, 2.24) is 4.98 Å². The third-order valence-corrected chi connectivity index (χ3v) is 4.05. The summed E-state index contributed by atoms with van der Waals surface area (Å²) in [5, 5.41) is 3.18. The number of nitrogens with two attached hydrogens (primary N) is 1. The van der Waals surface area contributed by atoms with Crippen molar-refractivity contribution in [3.05, 3.63) is 45.9 Å². The molecule has 1 aromatic carbocycles. The van der Waals surface area contributed by atoms with Crippen molar-refractivity contribution < 1.29 is 4.74 Å². The van der Waals surface area contributed by atoms with Crippen LogP contribution >= 0.6 is 11.3 Å². The Morgan fingerprint density at radius 3 is 3.06 bits per heavy atom. The molecule has 0 bridgehead atoms. The maximum absolute atomic E-state index is 6.45. The SMILES string of the molecule is Cc1nc(CC2(N)COc3ccccc3C2)cs1. The van der Waals surface area contributed by atoms with Crippen LogP contribution in [0.25, 0.3) is 0 Å². The Hall–Kier alpha value is -1.39. The van der Waals surface area contributed by atoms with Gasteiger partial charge < -0.3 is 10.5 Å². The second-order valence-electron chi connectivity index (χ2n) is 4.97. The molecule has 0 amide bonds. The predicted molar refractivity (Wildman–Crippen MR) is 73.1 cm³/mol. The monoisotopic (exact) mass is 260 g/mol. The topological polar surface area (TPSA) is 48.1 Å². The number of aromatic nitrogens is 1. The number of benzene rings is 1. The largest absolute Gasteiger partial charge is 0.491 e. The molecule has 0 fully saturated rings. The molecular weight excluding hydrogens is 244 g/mol. The van der Waals surface area contributed by atoms with Crippen LogP contribution in [0.1, 0.15) is 16.3 Å². The second-order valence-corrected chi connectivity index (χ2v) is 6.03. The average molecular weight is 260 g/mol. The summed E-state index contributed by atoms with van der Waals surface area (Å²) in [4.78, 5) is 4.49. The summed E-state index contributed by atoms with van der Waals surface area (Å²) >= 11 is 1.67. The number of fused-ring (bicyclic) bond motifs is 1. The van der Waals surface area contributed by atoms with Gasteiger partial charge >= 0.3 is 0 Å². The van der Waals surface area contributed by atoms with Crippen molar-refractivity contribution in [3.8, 4) is 5.75 Å². The molecule has 1 atom stereocenters. The molecule has 1 unspecified atom stereocenters. The summed E-state index contributed by atoms with van der Waals surface area (Å²) in [6.45, 7) is 2.57. The highest BCUT2D eigenvalue weighted by Crippen LogP contribution is 2.29. The van der Waals surface area contributed by atoms with E-state index in [0.29, 0.717) is 6.61 Å². The van der Waals surface area contributed by atoms with Crippen molar-refractivity contribution in [2.75, 3.05) is 6.61 Å². The Balaban J connectivity index is 1.81. The van der Waals surface area contributed by atoms with Crippen LogP contribution < -0.4 is 10.5 Å². The first-order valence-corrected chi connectivity index (χ1v) is 6.93. The molecule has 0 spiro atoms. The van der Waals surface area contributed by atoms with Gasteiger partial charge in [0.1, 0.15) is 12.4 Å². The minimum atomic E-state index is -0.338. The Morgan fingerprint density at radius 1 is 1.44 bits per heavy atom. The number of para-hydroxylation sites is 1. The van der Waals surface area contributed by atoms with Gasteiger partial charge in [-0.05, 0) is 25.0 Å². The maximum atomic E-state index is 6.45. The van der Waals surface area contributed by atoms with Crippen LogP contribution in [0.4, 0.5) is 0 Å². The number of rotatable bonds is 2. The van der Waals surface area contributed by atoms with E-state index in [2.05, 4.69) is 16.4 Å². The quantitative estimate of drug-likeness (QED) is 0.901. The number of ether oxygens (including phenoxy) is 1. The summed E-state index contributed by atoms with van der Waals surface area (Å²) < 4.78 is 5.77. The van der Waals surface area contributed by atoms with E-state index in [9.17, 15) is 0 Å². The summed E-state index contributed by atoms with van der Waals surface area (Å²) in [7, 11) is 0. The Labute approximate surface area is 111 Å². The van der Waals surface area contributed by atoms with E-state index in [-0.39, 0.29) is 5.54 Å². The summed E-state index contributed by atoms with van der Waals surface area (Å²) in [6.07, 6.45) is 1.62. The van der Waals surface area contributed by atoms with Gasteiger partial charge in [-0.2, -0.15) is 0 Å². The molecule has 4 heteroatoms. The third kappa shape index (κ3) is 2.26. The summed E-state index contributed by atoms with van der Waals surface area (Å²) in [5.41, 5.74) is 8.38. The number of aryl methyl sites for hydroxylation is 1. The highest BCUT2D eigenvalue weighted by atomic mass is 32.1. The molecule has 94 valence electrons.